The van der Waals surface area contributed by atoms with Gasteiger partial charge in [-0.1, -0.05) is 6.07 Å². The number of rotatable bonds is 6. The summed E-state index contributed by atoms with van der Waals surface area (Å²) in [6.07, 6.45) is 2.00. The average Bonchev–Trinajstić information content (AvgIpc) is 2.97. The smallest absolute Gasteiger partial charge is 0.311 e. The zero-order valence-corrected chi connectivity index (χ0v) is 12.1. The molecule has 0 aromatic carbocycles. The second-order valence-corrected chi connectivity index (χ2v) is 6.09. The van der Waals surface area contributed by atoms with Crippen LogP contribution in [0, 0.1) is 5.41 Å². The fourth-order valence-corrected chi connectivity index (χ4v) is 2.99. The van der Waals surface area contributed by atoms with Crippen molar-refractivity contribution < 1.29 is 19.4 Å². The molecule has 0 spiro atoms. The van der Waals surface area contributed by atoms with Crippen molar-refractivity contribution >= 4 is 23.2 Å². The van der Waals surface area contributed by atoms with E-state index in [0.29, 0.717) is 38.9 Å². The molecule has 2 heterocycles. The van der Waals surface area contributed by atoms with Crippen molar-refractivity contribution in [3.05, 3.63) is 22.4 Å². The van der Waals surface area contributed by atoms with Gasteiger partial charge in [-0.3, -0.25) is 9.59 Å². The van der Waals surface area contributed by atoms with E-state index < -0.39 is 11.4 Å². The van der Waals surface area contributed by atoms with Crippen molar-refractivity contribution in [3.63, 3.8) is 0 Å². The molecule has 1 aromatic heterocycles. The summed E-state index contributed by atoms with van der Waals surface area (Å²) < 4.78 is 5.20. The molecule has 0 aliphatic carbocycles. The molecule has 5 nitrogen and oxygen atoms in total. The molecule has 0 radical (unpaired) electrons. The second-order valence-electron chi connectivity index (χ2n) is 5.05. The Hall–Kier alpha value is -1.40. The Morgan fingerprint density at radius 2 is 2.15 bits per heavy atom. The Balaban J connectivity index is 1.80. The van der Waals surface area contributed by atoms with Gasteiger partial charge in [-0.05, 0) is 30.7 Å². The molecule has 0 unspecified atom stereocenters. The lowest BCUT2D eigenvalue weighted by atomic mass is 9.80. The number of carboxylic acid groups (broad SMARTS) is 1. The van der Waals surface area contributed by atoms with Crippen molar-refractivity contribution in [2.45, 2.75) is 25.7 Å². The number of hydrogen-bond donors (Lipinski definition) is 2. The molecule has 1 aliphatic rings. The van der Waals surface area contributed by atoms with Crippen LogP contribution < -0.4 is 5.32 Å². The molecule has 2 N–H and O–H groups in total. The van der Waals surface area contributed by atoms with E-state index in [2.05, 4.69) is 5.32 Å². The summed E-state index contributed by atoms with van der Waals surface area (Å²) in [4.78, 5) is 24.4. The number of carboxylic acids is 1. The predicted octanol–water partition coefficient (Wildman–Crippen LogP) is 1.68. The van der Waals surface area contributed by atoms with Gasteiger partial charge in [0.1, 0.15) is 0 Å². The lowest BCUT2D eigenvalue weighted by Gasteiger charge is -2.33. The summed E-state index contributed by atoms with van der Waals surface area (Å²) in [6, 6.07) is 3.95. The fourth-order valence-electron chi connectivity index (χ4n) is 2.28. The third-order valence-corrected chi connectivity index (χ3v) is 4.64. The third-order valence-electron chi connectivity index (χ3n) is 3.71. The van der Waals surface area contributed by atoms with Crippen molar-refractivity contribution in [1.82, 2.24) is 5.32 Å². The van der Waals surface area contributed by atoms with Gasteiger partial charge < -0.3 is 15.2 Å². The van der Waals surface area contributed by atoms with Crippen LogP contribution in [0.1, 0.15) is 24.1 Å². The first-order valence-corrected chi connectivity index (χ1v) is 7.61. The average molecular weight is 297 g/mol. The number of aryl methyl sites for hydroxylation is 1. The van der Waals surface area contributed by atoms with Gasteiger partial charge in [-0.25, -0.2) is 0 Å². The van der Waals surface area contributed by atoms with Gasteiger partial charge in [-0.15, -0.1) is 11.3 Å². The molecular weight excluding hydrogens is 278 g/mol. The molecule has 20 heavy (non-hydrogen) atoms. The van der Waals surface area contributed by atoms with E-state index in [1.165, 1.54) is 4.88 Å². The van der Waals surface area contributed by atoms with Crippen LogP contribution in [0.2, 0.25) is 0 Å². The van der Waals surface area contributed by atoms with Crippen molar-refractivity contribution in [3.8, 4) is 0 Å². The number of hydrogen-bond acceptors (Lipinski definition) is 4. The first-order valence-electron chi connectivity index (χ1n) is 6.73. The topological polar surface area (TPSA) is 75.6 Å². The van der Waals surface area contributed by atoms with E-state index >= 15 is 0 Å². The minimum Gasteiger partial charge on any atom is -0.481 e. The molecule has 0 saturated carbocycles. The highest BCUT2D eigenvalue weighted by Crippen LogP contribution is 2.30. The van der Waals surface area contributed by atoms with Gasteiger partial charge in [0.05, 0.1) is 5.41 Å². The number of aliphatic carboxylic acids is 1. The van der Waals surface area contributed by atoms with Gasteiger partial charge in [0.2, 0.25) is 5.91 Å². The highest BCUT2D eigenvalue weighted by molar-refractivity contribution is 7.09. The summed E-state index contributed by atoms with van der Waals surface area (Å²) in [5.74, 6) is -0.940. The Kier molecular flexibility index (Phi) is 5.14. The van der Waals surface area contributed by atoms with Gasteiger partial charge in [-0.2, -0.15) is 0 Å². The normalized spacial score (nSPS) is 17.6. The monoisotopic (exact) mass is 297 g/mol. The van der Waals surface area contributed by atoms with Crippen molar-refractivity contribution in [1.29, 1.82) is 0 Å². The maximum Gasteiger partial charge on any atom is 0.311 e. The van der Waals surface area contributed by atoms with Crippen LogP contribution in [0.4, 0.5) is 0 Å². The summed E-state index contributed by atoms with van der Waals surface area (Å²) in [6.45, 7) is 1.07. The van der Waals surface area contributed by atoms with Crippen LogP contribution >= 0.6 is 11.3 Å². The number of nitrogens with one attached hydrogen (secondary N) is 1. The molecule has 0 atom stereocenters. The highest BCUT2D eigenvalue weighted by Gasteiger charge is 2.40. The van der Waals surface area contributed by atoms with E-state index in [1.54, 1.807) is 11.3 Å². The van der Waals surface area contributed by atoms with E-state index in [4.69, 9.17) is 4.74 Å². The lowest BCUT2D eigenvalue weighted by Crippen LogP contribution is -2.46. The number of carbonyl (C=O) groups excluding carboxylic acids is 1. The molecular formula is C14H19NO4S. The third kappa shape index (κ3) is 3.80. The van der Waals surface area contributed by atoms with Crippen LogP contribution in [0.5, 0.6) is 0 Å². The van der Waals surface area contributed by atoms with Crippen LogP contribution in [0.15, 0.2) is 17.5 Å². The van der Waals surface area contributed by atoms with E-state index in [-0.39, 0.29) is 12.5 Å². The molecule has 1 aromatic rings. The summed E-state index contributed by atoms with van der Waals surface area (Å²) in [5.41, 5.74) is -0.864. The molecule has 1 amide bonds. The summed E-state index contributed by atoms with van der Waals surface area (Å²) >= 11 is 1.62. The predicted molar refractivity (Wildman–Crippen MR) is 75.8 cm³/mol. The Morgan fingerprint density at radius 1 is 1.40 bits per heavy atom. The number of ether oxygens (including phenoxy) is 1. The van der Waals surface area contributed by atoms with Gasteiger partial charge in [0, 0.05) is 31.1 Å². The van der Waals surface area contributed by atoms with Crippen LogP contribution in [-0.2, 0) is 20.7 Å². The highest BCUT2D eigenvalue weighted by atomic mass is 32.1. The molecule has 2 rings (SSSR count). The Labute approximate surface area is 121 Å². The zero-order chi connectivity index (χ0) is 14.4. The summed E-state index contributed by atoms with van der Waals surface area (Å²) in [5, 5.41) is 14.1. The van der Waals surface area contributed by atoms with Crippen LogP contribution in [0.25, 0.3) is 0 Å². The number of thiophene rings is 1. The van der Waals surface area contributed by atoms with Crippen LogP contribution in [0.3, 0.4) is 0 Å². The molecule has 110 valence electrons. The minimum atomic E-state index is -0.864. The van der Waals surface area contributed by atoms with Crippen molar-refractivity contribution in [2.75, 3.05) is 19.8 Å². The van der Waals surface area contributed by atoms with E-state index in [1.807, 2.05) is 17.5 Å². The first kappa shape index (κ1) is 15.0. The van der Waals surface area contributed by atoms with E-state index in [0.717, 1.165) is 0 Å². The standard InChI is InChI=1S/C14H19NO4S/c16-12(4-3-11-2-1-9-20-11)15-10-14(13(17)18)5-7-19-8-6-14/h1-2,9H,3-8,10H2,(H,15,16)(H,17,18). The van der Waals surface area contributed by atoms with Crippen LogP contribution in [-0.4, -0.2) is 36.7 Å². The SMILES string of the molecule is O=C(CCc1cccs1)NCC1(C(=O)O)CCOCC1. The Bertz CT molecular complexity index is 452. The fraction of sp³-hybridized carbons (Fsp3) is 0.571. The first-order chi connectivity index (χ1) is 9.62. The zero-order valence-electron chi connectivity index (χ0n) is 11.3. The van der Waals surface area contributed by atoms with Gasteiger partial charge in [0.15, 0.2) is 0 Å². The second kappa shape index (κ2) is 6.85. The largest absolute Gasteiger partial charge is 0.481 e. The summed E-state index contributed by atoms with van der Waals surface area (Å²) in [7, 11) is 0. The molecule has 6 heteroatoms. The molecule has 1 fully saturated rings. The molecule has 1 aliphatic heterocycles. The molecule has 0 bridgehead atoms. The maximum absolute atomic E-state index is 11.8. The number of carbonyl (C=O) groups is 2. The number of amides is 1. The molecule has 1 saturated heterocycles. The van der Waals surface area contributed by atoms with E-state index in [9.17, 15) is 14.7 Å². The quantitative estimate of drug-likeness (QED) is 0.837. The maximum atomic E-state index is 11.8. The van der Waals surface area contributed by atoms with Gasteiger partial charge in [0.25, 0.3) is 0 Å². The van der Waals surface area contributed by atoms with Crippen molar-refractivity contribution in [2.24, 2.45) is 5.41 Å². The minimum absolute atomic E-state index is 0.0921. The lowest BCUT2D eigenvalue weighted by molar-refractivity contribution is -0.154. The van der Waals surface area contributed by atoms with Gasteiger partial charge >= 0.3 is 5.97 Å². The Morgan fingerprint density at radius 3 is 2.75 bits per heavy atom.